The Balaban J connectivity index is 1.23. The molecule has 0 aliphatic heterocycles. The Kier molecular flexibility index (Phi) is 9.29. The molecule has 0 saturated carbocycles. The number of hydrogen-bond donors (Lipinski definition) is 2. The van der Waals surface area contributed by atoms with Crippen molar-refractivity contribution < 1.29 is 4.79 Å². The van der Waals surface area contributed by atoms with Gasteiger partial charge in [0.1, 0.15) is 0 Å². The number of halogens is 2. The maximum Gasteiger partial charge on any atom is 0.220 e. The van der Waals surface area contributed by atoms with Gasteiger partial charge in [-0.2, -0.15) is 0 Å². The summed E-state index contributed by atoms with van der Waals surface area (Å²) in [5, 5.41) is 5.11. The minimum atomic E-state index is 0.0656. The molecular weight excluding hydrogens is 497 g/mol. The predicted octanol–water partition coefficient (Wildman–Crippen LogP) is 7.67. The van der Waals surface area contributed by atoms with Crippen molar-refractivity contribution in [1.82, 2.24) is 15.3 Å². The zero-order valence-electron chi connectivity index (χ0n) is 19.3. The lowest BCUT2D eigenvalue weighted by Gasteiger charge is -2.07. The fourth-order valence-electron chi connectivity index (χ4n) is 3.74. The first kappa shape index (κ1) is 25.4. The van der Waals surface area contributed by atoms with Crippen molar-refractivity contribution in [3.8, 4) is 22.5 Å². The van der Waals surface area contributed by atoms with E-state index in [2.05, 4.69) is 34.6 Å². The molecule has 0 unspecified atom stereocenters. The Morgan fingerprint density at radius 2 is 1.63 bits per heavy atom. The van der Waals surface area contributed by atoms with Crippen LogP contribution in [0.5, 0.6) is 0 Å². The van der Waals surface area contributed by atoms with Crippen LogP contribution in [-0.4, -0.2) is 28.2 Å². The van der Waals surface area contributed by atoms with Gasteiger partial charge < -0.3 is 10.3 Å². The molecular formula is C28H27Cl2N3OS. The Hall–Kier alpha value is -2.73. The fraction of sp³-hybridized carbons (Fsp3) is 0.214. The summed E-state index contributed by atoms with van der Waals surface area (Å²) >= 11 is 13.8. The third-order valence-electron chi connectivity index (χ3n) is 5.56. The lowest BCUT2D eigenvalue weighted by molar-refractivity contribution is -0.121. The first-order chi connectivity index (χ1) is 17.1. The van der Waals surface area contributed by atoms with Crippen LogP contribution in [0.4, 0.5) is 0 Å². The lowest BCUT2D eigenvalue weighted by atomic mass is 10.1. The van der Waals surface area contributed by atoms with Gasteiger partial charge in [-0.25, -0.2) is 4.98 Å². The van der Waals surface area contributed by atoms with Gasteiger partial charge in [0.05, 0.1) is 11.4 Å². The van der Waals surface area contributed by atoms with Gasteiger partial charge in [-0.3, -0.25) is 4.79 Å². The van der Waals surface area contributed by atoms with E-state index in [0.29, 0.717) is 29.4 Å². The average Bonchev–Trinajstić information content (AvgIpc) is 3.30. The molecule has 0 aliphatic carbocycles. The Bertz CT molecular complexity index is 1190. The number of nitrogens with one attached hydrogen (secondary N) is 2. The summed E-state index contributed by atoms with van der Waals surface area (Å²) in [6.07, 6.45) is 2.96. The van der Waals surface area contributed by atoms with E-state index in [1.807, 2.05) is 48.5 Å². The van der Waals surface area contributed by atoms with Gasteiger partial charge in [0.2, 0.25) is 5.91 Å². The average molecular weight is 525 g/mol. The summed E-state index contributed by atoms with van der Waals surface area (Å²) in [5.41, 5.74) is 5.17. The van der Waals surface area contributed by atoms with Gasteiger partial charge in [-0.1, -0.05) is 102 Å². The van der Waals surface area contributed by atoms with Crippen LogP contribution < -0.4 is 5.32 Å². The lowest BCUT2D eigenvalue weighted by Crippen LogP contribution is -2.25. The maximum atomic E-state index is 12.2. The van der Waals surface area contributed by atoms with E-state index in [1.54, 1.807) is 17.8 Å². The molecule has 0 fully saturated rings. The third kappa shape index (κ3) is 7.38. The molecule has 0 atom stereocenters. The highest BCUT2D eigenvalue weighted by molar-refractivity contribution is 7.99. The summed E-state index contributed by atoms with van der Waals surface area (Å²) in [5.74, 6) is 0.958. The summed E-state index contributed by atoms with van der Waals surface area (Å²) < 4.78 is 0. The van der Waals surface area contributed by atoms with Gasteiger partial charge in [-0.05, 0) is 37.0 Å². The Morgan fingerprint density at radius 1 is 0.914 bits per heavy atom. The number of amides is 1. The van der Waals surface area contributed by atoms with E-state index >= 15 is 0 Å². The number of carbonyl (C=O) groups excluding carboxylic acids is 1. The highest BCUT2D eigenvalue weighted by Crippen LogP contribution is 2.32. The molecule has 3 aromatic carbocycles. The highest BCUT2D eigenvalue weighted by Gasteiger charge is 2.14. The number of thioether (sulfide) groups is 1. The van der Waals surface area contributed by atoms with E-state index in [9.17, 15) is 4.79 Å². The van der Waals surface area contributed by atoms with Crippen LogP contribution >= 0.6 is 35.0 Å². The van der Waals surface area contributed by atoms with Crippen LogP contribution in [-0.2, 0) is 11.2 Å². The van der Waals surface area contributed by atoms with E-state index in [1.165, 1.54) is 0 Å². The van der Waals surface area contributed by atoms with Gasteiger partial charge >= 0.3 is 0 Å². The van der Waals surface area contributed by atoms with Gasteiger partial charge in [0.15, 0.2) is 5.16 Å². The SMILES string of the molecule is O=C(CCCCSc1nc(-c2ccccc2)c(-c2ccccc2)[nH]1)NCCc1ccc(Cl)cc1Cl. The molecule has 1 heterocycles. The zero-order chi connectivity index (χ0) is 24.5. The second-order valence-electron chi connectivity index (χ2n) is 8.14. The standard InChI is InChI=1S/C28H27Cl2N3OS/c29-23-15-14-20(24(30)19-23)16-17-31-25(34)13-7-8-18-35-28-32-26(21-9-3-1-4-10-21)27(33-28)22-11-5-2-6-12-22/h1-6,9-12,14-15,19H,7-8,13,16-18H2,(H,31,34)(H,32,33). The van der Waals surface area contributed by atoms with Crippen LogP contribution in [0.1, 0.15) is 24.8 Å². The molecule has 1 aromatic heterocycles. The van der Waals surface area contributed by atoms with Crippen molar-refractivity contribution in [2.24, 2.45) is 0 Å². The van der Waals surface area contributed by atoms with Gasteiger partial charge in [0, 0.05) is 39.9 Å². The summed E-state index contributed by atoms with van der Waals surface area (Å²) in [6, 6.07) is 25.9. The molecule has 4 rings (SSSR count). The van der Waals surface area contributed by atoms with E-state index in [-0.39, 0.29) is 5.91 Å². The molecule has 4 aromatic rings. The molecule has 35 heavy (non-hydrogen) atoms. The summed E-state index contributed by atoms with van der Waals surface area (Å²) in [6.45, 7) is 0.561. The number of benzene rings is 3. The molecule has 0 saturated heterocycles. The van der Waals surface area contributed by atoms with Crippen molar-refractivity contribution in [2.75, 3.05) is 12.3 Å². The quantitative estimate of drug-likeness (QED) is 0.156. The molecule has 7 heteroatoms. The number of carbonyl (C=O) groups is 1. The number of nitrogens with zero attached hydrogens (tertiary/aromatic N) is 1. The molecule has 0 radical (unpaired) electrons. The molecule has 0 aliphatic rings. The smallest absolute Gasteiger partial charge is 0.220 e. The number of aromatic amines is 1. The number of aromatic nitrogens is 2. The van der Waals surface area contributed by atoms with Gasteiger partial charge in [0.25, 0.3) is 0 Å². The number of H-pyrrole nitrogens is 1. The zero-order valence-corrected chi connectivity index (χ0v) is 21.6. The molecule has 0 bridgehead atoms. The maximum absolute atomic E-state index is 12.2. The first-order valence-electron chi connectivity index (χ1n) is 11.6. The monoisotopic (exact) mass is 523 g/mol. The topological polar surface area (TPSA) is 57.8 Å². The van der Waals surface area contributed by atoms with Crippen molar-refractivity contribution >= 4 is 40.9 Å². The van der Waals surface area contributed by atoms with Crippen LogP contribution in [0.25, 0.3) is 22.5 Å². The second-order valence-corrected chi connectivity index (χ2v) is 10.1. The summed E-state index contributed by atoms with van der Waals surface area (Å²) in [4.78, 5) is 20.6. The minimum Gasteiger partial charge on any atom is -0.356 e. The highest BCUT2D eigenvalue weighted by atomic mass is 35.5. The van der Waals surface area contributed by atoms with E-state index in [4.69, 9.17) is 28.2 Å². The van der Waals surface area contributed by atoms with Crippen molar-refractivity contribution in [3.63, 3.8) is 0 Å². The number of unbranched alkanes of at least 4 members (excludes halogenated alkanes) is 1. The third-order valence-corrected chi connectivity index (χ3v) is 7.11. The number of hydrogen-bond acceptors (Lipinski definition) is 3. The van der Waals surface area contributed by atoms with Crippen LogP contribution in [0, 0.1) is 0 Å². The molecule has 0 spiro atoms. The second kappa shape index (κ2) is 12.8. The Labute approximate surface area is 220 Å². The first-order valence-corrected chi connectivity index (χ1v) is 13.4. The molecule has 1 amide bonds. The predicted molar refractivity (Wildman–Crippen MR) is 147 cm³/mol. The van der Waals surface area contributed by atoms with E-state index in [0.717, 1.165) is 51.8 Å². The van der Waals surface area contributed by atoms with Crippen LogP contribution in [0.2, 0.25) is 10.0 Å². The van der Waals surface area contributed by atoms with Gasteiger partial charge in [-0.15, -0.1) is 0 Å². The van der Waals surface area contributed by atoms with Crippen LogP contribution in [0.3, 0.4) is 0 Å². The summed E-state index contributed by atoms with van der Waals surface area (Å²) in [7, 11) is 0. The largest absolute Gasteiger partial charge is 0.356 e. The van der Waals surface area contributed by atoms with Crippen molar-refractivity contribution in [1.29, 1.82) is 0 Å². The molecule has 180 valence electrons. The number of imidazole rings is 1. The van der Waals surface area contributed by atoms with Crippen molar-refractivity contribution in [3.05, 3.63) is 94.5 Å². The molecule has 4 nitrogen and oxygen atoms in total. The van der Waals surface area contributed by atoms with Crippen molar-refractivity contribution in [2.45, 2.75) is 30.8 Å². The molecule has 2 N–H and O–H groups in total. The fourth-order valence-corrected chi connectivity index (χ4v) is 5.12. The van der Waals surface area contributed by atoms with Crippen LogP contribution in [0.15, 0.2) is 84.0 Å². The minimum absolute atomic E-state index is 0.0656. The Morgan fingerprint density at radius 3 is 2.34 bits per heavy atom. The van der Waals surface area contributed by atoms with E-state index < -0.39 is 0 Å². The number of rotatable bonds is 11. The normalized spacial score (nSPS) is 10.9.